The molecule has 1 heterocycles. The molecule has 4 aromatic rings. The van der Waals surface area contributed by atoms with Gasteiger partial charge in [-0.15, -0.1) is 0 Å². The molecule has 0 fully saturated rings. The summed E-state index contributed by atoms with van der Waals surface area (Å²) in [6, 6.07) is 24.6. The van der Waals surface area contributed by atoms with Crippen LogP contribution in [0.15, 0.2) is 79.0 Å². The standard InChI is InChI=1S/C20H18N2O.C10H14.C2H6.CH4.H3N/c1-14(23)16-8-6-15(7-9-16)12-20-19-5-3-2-4-18(19)17(10-11-21)13-22-20;1-3-4-10-7-5-9(2)6-8-10;1-2;;/h2-9,11,13,21H,10,12H2,1H3;5-8H,3-4H2,1-2H3;1-2H3;1H4;1H3. The van der Waals surface area contributed by atoms with Crippen molar-refractivity contribution in [2.45, 2.75) is 67.7 Å². The molecule has 0 aliphatic rings. The van der Waals surface area contributed by atoms with Crippen LogP contribution in [0.25, 0.3) is 10.8 Å². The number of aromatic nitrogens is 1. The number of hydrogen-bond donors (Lipinski definition) is 2. The van der Waals surface area contributed by atoms with E-state index in [2.05, 4.69) is 55.2 Å². The topological polar surface area (TPSA) is 88.8 Å². The Morgan fingerprint density at radius 3 is 2.00 bits per heavy atom. The van der Waals surface area contributed by atoms with Crippen LogP contribution in [0.4, 0.5) is 0 Å². The quantitative estimate of drug-likeness (QED) is 0.196. The molecule has 0 saturated carbocycles. The molecule has 37 heavy (non-hydrogen) atoms. The predicted molar refractivity (Wildman–Crippen MR) is 162 cm³/mol. The summed E-state index contributed by atoms with van der Waals surface area (Å²) in [4.78, 5) is 16.0. The maximum Gasteiger partial charge on any atom is 0.159 e. The number of ketones is 1. The van der Waals surface area contributed by atoms with Crippen LogP contribution in [0.2, 0.25) is 0 Å². The largest absolute Gasteiger partial charge is 0.344 e. The van der Waals surface area contributed by atoms with Crippen molar-refractivity contribution in [3.8, 4) is 0 Å². The molecule has 4 N–H and O–H groups in total. The number of hydrogen-bond acceptors (Lipinski definition) is 4. The normalized spacial score (nSPS) is 9.43. The van der Waals surface area contributed by atoms with E-state index >= 15 is 0 Å². The Bertz CT molecular complexity index is 1210. The Morgan fingerprint density at radius 2 is 1.46 bits per heavy atom. The predicted octanol–water partition coefficient (Wildman–Crippen LogP) is 8.99. The van der Waals surface area contributed by atoms with Gasteiger partial charge < -0.3 is 11.6 Å². The number of aryl methyl sites for hydroxylation is 2. The van der Waals surface area contributed by atoms with Crippen molar-refractivity contribution in [3.63, 3.8) is 0 Å². The molecule has 0 amide bonds. The molecule has 198 valence electrons. The number of nitrogens with zero attached hydrogens (tertiary/aromatic N) is 1. The Balaban J connectivity index is 0.000000786. The van der Waals surface area contributed by atoms with E-state index in [9.17, 15) is 4.79 Å². The van der Waals surface area contributed by atoms with Crippen LogP contribution in [0.5, 0.6) is 0 Å². The van der Waals surface area contributed by atoms with E-state index in [-0.39, 0.29) is 19.4 Å². The molecule has 4 rings (SSSR count). The second-order valence-electron chi connectivity index (χ2n) is 8.35. The highest BCUT2D eigenvalue weighted by molar-refractivity contribution is 5.94. The third-order valence-electron chi connectivity index (χ3n) is 5.67. The second-order valence-corrected chi connectivity index (χ2v) is 8.35. The van der Waals surface area contributed by atoms with Crippen LogP contribution < -0.4 is 6.15 Å². The first-order chi connectivity index (χ1) is 17.0. The van der Waals surface area contributed by atoms with Gasteiger partial charge in [0.1, 0.15) is 0 Å². The molecule has 3 aromatic carbocycles. The van der Waals surface area contributed by atoms with Crippen LogP contribution in [-0.4, -0.2) is 17.0 Å². The first kappa shape index (κ1) is 33.4. The fourth-order valence-corrected chi connectivity index (χ4v) is 3.82. The smallest absolute Gasteiger partial charge is 0.159 e. The van der Waals surface area contributed by atoms with Crippen molar-refractivity contribution in [2.24, 2.45) is 0 Å². The van der Waals surface area contributed by atoms with Crippen LogP contribution in [0.1, 0.15) is 79.8 Å². The number of fused-ring (bicyclic) bond motifs is 1. The van der Waals surface area contributed by atoms with Crippen molar-refractivity contribution in [3.05, 3.63) is 113 Å². The van der Waals surface area contributed by atoms with Gasteiger partial charge in [0.25, 0.3) is 0 Å². The number of pyridine rings is 1. The summed E-state index contributed by atoms with van der Waals surface area (Å²) in [5, 5.41) is 9.60. The lowest BCUT2D eigenvalue weighted by Gasteiger charge is -2.09. The molecule has 4 nitrogen and oxygen atoms in total. The fourth-order valence-electron chi connectivity index (χ4n) is 3.82. The highest BCUT2D eigenvalue weighted by Gasteiger charge is 2.08. The summed E-state index contributed by atoms with van der Waals surface area (Å²) in [5.41, 5.74) is 6.75. The van der Waals surface area contributed by atoms with Crippen molar-refractivity contribution in [2.75, 3.05) is 0 Å². The summed E-state index contributed by atoms with van der Waals surface area (Å²) in [6.07, 6.45) is 7.05. The molecule has 4 heteroatoms. The molecule has 0 spiro atoms. The van der Waals surface area contributed by atoms with Crippen LogP contribution in [-0.2, 0) is 19.3 Å². The van der Waals surface area contributed by atoms with Crippen LogP contribution in [0.3, 0.4) is 0 Å². The lowest BCUT2D eigenvalue weighted by atomic mass is 9.99. The van der Waals surface area contributed by atoms with Gasteiger partial charge in [0, 0.05) is 30.0 Å². The van der Waals surface area contributed by atoms with Gasteiger partial charge in [-0.1, -0.05) is 113 Å². The van der Waals surface area contributed by atoms with Gasteiger partial charge in [-0.25, -0.2) is 0 Å². The Hall–Kier alpha value is -3.63. The zero-order valence-corrected chi connectivity index (χ0v) is 22.5. The molecular weight excluding hydrogens is 454 g/mol. The van der Waals surface area contributed by atoms with Gasteiger partial charge in [0.2, 0.25) is 0 Å². The molecule has 0 unspecified atom stereocenters. The lowest BCUT2D eigenvalue weighted by Crippen LogP contribution is -1.99. The molecule has 1 aromatic heterocycles. The minimum Gasteiger partial charge on any atom is -0.344 e. The fraction of sp³-hybridized carbons (Fsp3) is 0.303. The average Bonchev–Trinajstić information content (AvgIpc) is 2.89. The SMILES string of the molecule is C.CC.CC(=O)c1ccc(Cc2ncc(CC=N)c3ccccc23)cc1.CCCc1ccc(C)cc1.N. The van der Waals surface area contributed by atoms with E-state index in [1.807, 2.05) is 56.4 Å². The Morgan fingerprint density at radius 1 is 0.892 bits per heavy atom. The summed E-state index contributed by atoms with van der Waals surface area (Å²) in [6.45, 7) is 9.90. The number of carbonyl (C=O) groups excluding carboxylic acids is 1. The van der Waals surface area contributed by atoms with Crippen molar-refractivity contribution in [1.29, 1.82) is 5.41 Å². The molecule has 0 saturated heterocycles. The van der Waals surface area contributed by atoms with E-state index in [1.165, 1.54) is 30.2 Å². The average molecular weight is 500 g/mol. The van der Waals surface area contributed by atoms with E-state index in [1.54, 1.807) is 6.92 Å². The second kappa shape index (κ2) is 17.7. The molecule has 0 bridgehead atoms. The summed E-state index contributed by atoms with van der Waals surface area (Å²) < 4.78 is 0. The van der Waals surface area contributed by atoms with E-state index < -0.39 is 0 Å². The van der Waals surface area contributed by atoms with E-state index in [0.29, 0.717) is 6.42 Å². The van der Waals surface area contributed by atoms with Gasteiger partial charge in [-0.05, 0) is 48.6 Å². The van der Waals surface area contributed by atoms with Gasteiger partial charge in [0.05, 0.1) is 5.69 Å². The van der Waals surface area contributed by atoms with Gasteiger partial charge in [0.15, 0.2) is 5.78 Å². The highest BCUT2D eigenvalue weighted by atomic mass is 16.1. The van der Waals surface area contributed by atoms with Crippen molar-refractivity contribution >= 4 is 22.8 Å². The van der Waals surface area contributed by atoms with Crippen molar-refractivity contribution < 1.29 is 4.79 Å². The zero-order chi connectivity index (χ0) is 25.6. The van der Waals surface area contributed by atoms with Gasteiger partial charge in [-0.2, -0.15) is 0 Å². The van der Waals surface area contributed by atoms with Crippen LogP contribution >= 0.6 is 0 Å². The molecule has 0 radical (unpaired) electrons. The molecule has 0 atom stereocenters. The third-order valence-corrected chi connectivity index (χ3v) is 5.67. The van der Waals surface area contributed by atoms with Crippen LogP contribution in [0, 0.1) is 12.3 Å². The summed E-state index contributed by atoms with van der Waals surface area (Å²) >= 11 is 0. The number of Topliss-reactive ketones (excluding diaryl/α,β-unsaturated/α-hetero) is 1. The van der Waals surface area contributed by atoms with Gasteiger partial charge >= 0.3 is 0 Å². The minimum atomic E-state index is 0. The number of carbonyl (C=O) groups is 1. The summed E-state index contributed by atoms with van der Waals surface area (Å²) in [7, 11) is 0. The van der Waals surface area contributed by atoms with Gasteiger partial charge in [-0.3, -0.25) is 9.78 Å². The Labute approximate surface area is 224 Å². The monoisotopic (exact) mass is 499 g/mol. The first-order valence-electron chi connectivity index (χ1n) is 12.5. The number of benzene rings is 3. The van der Waals surface area contributed by atoms with E-state index in [0.717, 1.165) is 39.6 Å². The third kappa shape index (κ3) is 10.1. The first-order valence-corrected chi connectivity index (χ1v) is 12.5. The molecule has 0 aliphatic carbocycles. The maximum atomic E-state index is 11.4. The van der Waals surface area contributed by atoms with Crippen molar-refractivity contribution in [1.82, 2.24) is 11.1 Å². The Kier molecular flexibility index (Phi) is 16.0. The zero-order valence-electron chi connectivity index (χ0n) is 22.5. The summed E-state index contributed by atoms with van der Waals surface area (Å²) in [5.74, 6) is 0.0797. The minimum absolute atomic E-state index is 0. The number of rotatable bonds is 7. The molecular formula is C33H45N3O. The molecule has 0 aliphatic heterocycles. The highest BCUT2D eigenvalue weighted by Crippen LogP contribution is 2.23. The van der Waals surface area contributed by atoms with E-state index in [4.69, 9.17) is 5.41 Å². The lowest BCUT2D eigenvalue weighted by molar-refractivity contribution is 0.101. The number of nitrogens with one attached hydrogen (secondary N) is 1. The maximum absolute atomic E-state index is 11.4.